The van der Waals surface area contributed by atoms with Crippen LogP contribution in [0.5, 0.6) is 0 Å². The number of ether oxygens (including phenoxy) is 1. The number of hydrogen-bond acceptors (Lipinski definition) is 20. The first-order valence-electron chi connectivity index (χ1n) is 52.8. The van der Waals surface area contributed by atoms with Crippen molar-refractivity contribution in [3.05, 3.63) is 65.2 Å². The molecule has 3 amide bonds. The second-order valence-corrected chi connectivity index (χ2v) is 43.7. The Balaban J connectivity index is 0.000000314. The van der Waals surface area contributed by atoms with E-state index in [9.17, 15) is 38.4 Å². The number of nitrogens with zero attached hydrogens (tertiary/aromatic N) is 13. The second-order valence-electron chi connectivity index (χ2n) is 43.7. The molecular formula is C109H197N15O11. The van der Waals surface area contributed by atoms with Gasteiger partial charge in [-0.1, -0.05) is 77.1 Å². The third kappa shape index (κ3) is 43.7. The van der Waals surface area contributed by atoms with E-state index in [1.165, 1.54) is 62.9 Å². The monoisotopic (exact) mass is 1890 g/mol. The Morgan fingerprint density at radius 3 is 1.15 bits per heavy atom. The molecule has 9 fully saturated rings. The number of piperazine rings is 3. The van der Waals surface area contributed by atoms with Gasteiger partial charge in [0.15, 0.2) is 0 Å². The number of carbonyl (C=O) groups is 8. The molecule has 135 heavy (non-hydrogen) atoms. The summed E-state index contributed by atoms with van der Waals surface area (Å²) in [6.45, 7) is 86.0. The summed E-state index contributed by atoms with van der Waals surface area (Å²) in [5.74, 6) is 4.84. The minimum absolute atomic E-state index is 0.0772. The van der Waals surface area contributed by atoms with Crippen molar-refractivity contribution in [1.29, 1.82) is 5.41 Å². The van der Waals surface area contributed by atoms with E-state index in [0.29, 0.717) is 96.0 Å². The Morgan fingerprint density at radius 1 is 0.430 bits per heavy atom. The van der Waals surface area contributed by atoms with E-state index in [4.69, 9.17) is 20.4 Å². The molecule has 10 aliphatic heterocycles. The molecule has 9 saturated heterocycles. The number of aliphatic carboxylic acids is 2. The number of amidine groups is 1. The van der Waals surface area contributed by atoms with Gasteiger partial charge in [-0.25, -0.2) is 9.59 Å². The largest absolute Gasteiger partial charge is 0.480 e. The molecular weight excluding hydrogens is 1700 g/mol. The predicted octanol–water partition coefficient (Wildman–Crippen LogP) is 16.3. The van der Waals surface area contributed by atoms with Crippen LogP contribution in [0.3, 0.4) is 0 Å². The molecule has 26 heteroatoms. The summed E-state index contributed by atoms with van der Waals surface area (Å²) >= 11 is 0. The number of carboxylic acids is 2. The van der Waals surface area contributed by atoms with E-state index < -0.39 is 11.9 Å². The topological polar surface area (TPSA) is 264 Å². The molecule has 0 aromatic heterocycles. The number of ketones is 3. The summed E-state index contributed by atoms with van der Waals surface area (Å²) in [6, 6.07) is 21.7. The van der Waals surface area contributed by atoms with Crippen LogP contribution in [0.15, 0.2) is 48.5 Å². The van der Waals surface area contributed by atoms with Crippen molar-refractivity contribution in [1.82, 2.24) is 64.1 Å². The van der Waals surface area contributed by atoms with Gasteiger partial charge in [0.2, 0.25) is 5.91 Å². The van der Waals surface area contributed by atoms with E-state index in [2.05, 4.69) is 222 Å². The highest BCUT2D eigenvalue weighted by Crippen LogP contribution is 2.45. The number of amides is 3. The highest BCUT2D eigenvalue weighted by molar-refractivity contribution is 5.84. The van der Waals surface area contributed by atoms with Crippen LogP contribution >= 0.6 is 0 Å². The standard InChI is InChI=1S/C16H23N.C14H19NO2.C11H23N3O.C10H20N2O.C10H19NO2.3C10H19NO.C9H19N3.C9H17NO2/c1-13(2)17-9-7-16(8-10-17)11-14-5-3-4-6-15(14)12-16;1-4-17-14(16)13-9-11-7-5-6-8-12(11)15(13)10(2)3;1-9(2)12-11(15)14-7-5-13(6-8-14)10(3)4;1-9(2)12-6-4-11(5-7-12)8-10(3)13;1-8(2)9-3-5-11(6-4-9)7-10(12)13;2*1-8(2)11-6-4-10(5-7-11)9(3)12;1-8(2)10-4-6-11(7-5-10)9(3)12;1-8(2)11-4-6-12(7-5-11)9(3)10;1-6(2)10-5-7(3)4-8(10)9(11)12/h3-6,13H,7-12H2,1-2H3;5-8,10,13H,4,9H2,1-3H3;9-10H,5-8H2,1-4H3,(H,12,15);9H,4-8H2,1-3H3;8-9H,3-7H2,1-2H3,(H,12,13);4*8,10H,4-7H2,1-3H3;6-8H,4-5H2,1-3H3,(H,11,12)/t;;;;;;;;;7-,8+/m.........1/s1. The number of rotatable bonds is 20. The molecule has 0 radical (unpaired) electrons. The Bertz CT molecular complexity index is 3510. The number of Topliss-reactive ketones (excluding diaryl/α,β-unsaturated/α-hetero) is 3. The van der Waals surface area contributed by atoms with Crippen LogP contribution in [0.2, 0.25) is 0 Å². The number of anilines is 1. The minimum atomic E-state index is -0.706. The van der Waals surface area contributed by atoms with Crippen molar-refractivity contribution < 1.29 is 53.3 Å². The van der Waals surface area contributed by atoms with Crippen molar-refractivity contribution in [2.24, 2.45) is 46.8 Å². The normalized spacial score (nSPS) is 21.6. The molecule has 11 aliphatic rings. The van der Waals surface area contributed by atoms with Crippen LogP contribution < -0.4 is 10.2 Å². The van der Waals surface area contributed by atoms with E-state index >= 15 is 0 Å². The highest BCUT2D eigenvalue weighted by atomic mass is 16.5. The van der Waals surface area contributed by atoms with Crippen molar-refractivity contribution in [3.8, 4) is 0 Å². The van der Waals surface area contributed by atoms with Crippen LogP contribution in [-0.4, -0.2) is 359 Å². The summed E-state index contributed by atoms with van der Waals surface area (Å²) in [5.41, 5.74) is 6.24. The maximum atomic E-state index is 12.0. The number of carbonyl (C=O) groups excluding carboxylic acids is 6. The molecule has 3 atom stereocenters. The summed E-state index contributed by atoms with van der Waals surface area (Å²) in [5, 5.41) is 27.9. The fraction of sp³-hybridized carbons (Fsp3) is 0.807. The predicted molar refractivity (Wildman–Crippen MR) is 557 cm³/mol. The molecule has 13 rings (SSSR count). The number of carboxylic acid groups (broad SMARTS) is 2. The van der Waals surface area contributed by atoms with Gasteiger partial charge in [-0.3, -0.25) is 63.6 Å². The molecule has 2 aromatic rings. The molecule has 0 saturated carbocycles. The van der Waals surface area contributed by atoms with Gasteiger partial charge >= 0.3 is 23.9 Å². The van der Waals surface area contributed by atoms with Gasteiger partial charge in [-0.15, -0.1) is 0 Å². The van der Waals surface area contributed by atoms with Crippen LogP contribution in [0.4, 0.5) is 10.5 Å². The SMILES string of the molecule is CC(=N)N1CCN(C(C)C)CC1.CC(=O)C1CCN(C(C)C)CC1.CC(=O)C1CCN(C(C)C)CC1.CC(=O)CN1CCN(C(C)C)CC1.CC(=O)N1CCC(C(C)C)CC1.CC(C)C1CCN(CC(=O)O)CC1.CC(C)N1CCC2(CC1)Cc1ccccc1C2.CC(C)N1C[C@H](C)C[C@H]1C(=O)O.CC(C)NC(=O)N1CCN(C(C)C)CC1.CCOC(=O)C1Cc2ccccc2N1C(C)C. The molecule has 4 N–H and O–H groups in total. The van der Waals surface area contributed by atoms with Gasteiger partial charge in [0.1, 0.15) is 29.4 Å². The van der Waals surface area contributed by atoms with E-state index in [1.54, 1.807) is 38.8 Å². The van der Waals surface area contributed by atoms with Crippen molar-refractivity contribution >= 4 is 58.7 Å². The van der Waals surface area contributed by atoms with Gasteiger partial charge in [-0.2, -0.15) is 0 Å². The number of fused-ring (bicyclic) bond motifs is 2. The van der Waals surface area contributed by atoms with Gasteiger partial charge in [0.05, 0.1) is 25.5 Å². The summed E-state index contributed by atoms with van der Waals surface area (Å²) < 4.78 is 5.16. The zero-order chi connectivity index (χ0) is 101. The minimum Gasteiger partial charge on any atom is -0.480 e. The molecule has 26 nitrogen and oxygen atoms in total. The maximum absolute atomic E-state index is 12.0. The summed E-state index contributed by atoms with van der Waals surface area (Å²) in [4.78, 5) is 118. The number of piperidine rings is 5. The van der Waals surface area contributed by atoms with Crippen LogP contribution in [-0.2, 0) is 57.6 Å². The maximum Gasteiger partial charge on any atom is 0.329 e. The average Bonchev–Trinajstić information content (AvgIpc) is 1.67. The number of hydrogen-bond donors (Lipinski definition) is 4. The molecule has 774 valence electrons. The number of para-hydroxylation sites is 1. The smallest absolute Gasteiger partial charge is 0.329 e. The fourth-order valence-corrected chi connectivity index (χ4v) is 20.6. The van der Waals surface area contributed by atoms with Crippen molar-refractivity contribution in [2.45, 2.75) is 357 Å². The second kappa shape index (κ2) is 61.9. The third-order valence-corrected chi connectivity index (χ3v) is 29.8. The number of benzene rings is 2. The summed E-state index contributed by atoms with van der Waals surface area (Å²) in [6.07, 6.45) is 15.9. The molecule has 1 unspecified atom stereocenters. The zero-order valence-electron chi connectivity index (χ0n) is 90.7. The van der Waals surface area contributed by atoms with Crippen LogP contribution in [0, 0.1) is 52.2 Å². The van der Waals surface area contributed by atoms with Crippen LogP contribution in [0.25, 0.3) is 0 Å². The lowest BCUT2D eigenvalue weighted by Crippen LogP contribution is -2.54. The lowest BCUT2D eigenvalue weighted by Gasteiger charge is -2.41. The fourth-order valence-electron chi connectivity index (χ4n) is 20.6. The first-order valence-corrected chi connectivity index (χ1v) is 52.8. The first-order chi connectivity index (χ1) is 63.5. The quantitative estimate of drug-likeness (QED) is 0.0545. The highest BCUT2D eigenvalue weighted by Gasteiger charge is 2.42. The molecule has 2 aromatic carbocycles. The third-order valence-electron chi connectivity index (χ3n) is 29.8. The van der Waals surface area contributed by atoms with E-state index in [1.807, 2.05) is 68.4 Å². The first kappa shape index (κ1) is 121. The Kier molecular flexibility index (Phi) is 55.4. The zero-order valence-corrected chi connectivity index (χ0v) is 90.7. The Labute approximate surface area is 821 Å². The van der Waals surface area contributed by atoms with E-state index in [-0.39, 0.29) is 48.4 Å². The van der Waals surface area contributed by atoms with Crippen LogP contribution in [0.1, 0.15) is 288 Å². The molecule has 1 spiro atoms. The van der Waals surface area contributed by atoms with Crippen molar-refractivity contribution in [2.75, 3.05) is 175 Å². The average molecular weight is 1890 g/mol. The number of likely N-dealkylation sites (tertiary alicyclic amines) is 6. The lowest BCUT2D eigenvalue weighted by molar-refractivity contribution is -0.145. The van der Waals surface area contributed by atoms with Crippen molar-refractivity contribution in [3.63, 3.8) is 0 Å². The van der Waals surface area contributed by atoms with E-state index in [0.717, 1.165) is 219 Å². The Morgan fingerprint density at radius 2 is 0.807 bits per heavy atom. The molecule has 10 heterocycles. The lowest BCUT2D eigenvalue weighted by atomic mass is 9.76. The number of esters is 1. The molecule has 0 bridgehead atoms. The van der Waals surface area contributed by atoms with Gasteiger partial charge in [0, 0.05) is 183 Å². The van der Waals surface area contributed by atoms with Gasteiger partial charge in [-0.05, 0) is 353 Å². The van der Waals surface area contributed by atoms with Gasteiger partial charge in [0.25, 0.3) is 0 Å². The summed E-state index contributed by atoms with van der Waals surface area (Å²) in [7, 11) is 0. The van der Waals surface area contributed by atoms with Gasteiger partial charge < -0.3 is 54.6 Å². The number of urea groups is 1. The number of nitrogens with one attached hydrogen (secondary N) is 2. The molecule has 1 aliphatic carbocycles. The Hall–Kier alpha value is -6.49.